The third kappa shape index (κ3) is 2.97. The van der Waals surface area contributed by atoms with Gasteiger partial charge < -0.3 is 9.88 Å². The van der Waals surface area contributed by atoms with Crippen LogP contribution in [-0.4, -0.2) is 33.0 Å². The summed E-state index contributed by atoms with van der Waals surface area (Å²) in [5.41, 5.74) is 4.03. The van der Waals surface area contributed by atoms with Gasteiger partial charge in [-0.1, -0.05) is 6.07 Å². The SMILES string of the molecule is CN(Cc1cn[nH]c1-c1ccc(F)cc1)C(=O)c1ccc2cc[nH]c2c1. The number of carbonyl (C=O) groups is 1. The lowest BCUT2D eigenvalue weighted by Crippen LogP contribution is -2.26. The molecule has 26 heavy (non-hydrogen) atoms. The Morgan fingerprint density at radius 3 is 2.77 bits per heavy atom. The fourth-order valence-corrected chi connectivity index (χ4v) is 3.03. The summed E-state index contributed by atoms with van der Waals surface area (Å²) in [5, 5.41) is 8.08. The molecular weight excluding hydrogens is 331 g/mol. The monoisotopic (exact) mass is 348 g/mol. The molecular formula is C20H17FN4O. The van der Waals surface area contributed by atoms with Crippen LogP contribution < -0.4 is 0 Å². The molecule has 0 unspecified atom stereocenters. The van der Waals surface area contributed by atoms with Crippen LogP contribution in [0, 0.1) is 5.82 Å². The van der Waals surface area contributed by atoms with Gasteiger partial charge in [0.1, 0.15) is 5.82 Å². The van der Waals surface area contributed by atoms with Crippen LogP contribution in [0.2, 0.25) is 0 Å². The highest BCUT2D eigenvalue weighted by Gasteiger charge is 2.16. The Morgan fingerprint density at radius 2 is 1.96 bits per heavy atom. The van der Waals surface area contributed by atoms with Crippen LogP contribution in [0.5, 0.6) is 0 Å². The van der Waals surface area contributed by atoms with Gasteiger partial charge in [0, 0.05) is 42.0 Å². The van der Waals surface area contributed by atoms with Crippen LogP contribution >= 0.6 is 0 Å². The number of rotatable bonds is 4. The van der Waals surface area contributed by atoms with E-state index in [4.69, 9.17) is 0 Å². The maximum atomic E-state index is 13.1. The Labute approximate surface area is 149 Å². The number of amides is 1. The fourth-order valence-electron chi connectivity index (χ4n) is 3.03. The molecule has 2 aromatic carbocycles. The quantitative estimate of drug-likeness (QED) is 0.586. The summed E-state index contributed by atoms with van der Waals surface area (Å²) in [6.07, 6.45) is 3.54. The van der Waals surface area contributed by atoms with Gasteiger partial charge in [0.25, 0.3) is 5.91 Å². The van der Waals surface area contributed by atoms with Gasteiger partial charge in [-0.05, 0) is 47.9 Å². The molecule has 0 aliphatic carbocycles. The van der Waals surface area contributed by atoms with Crippen molar-refractivity contribution in [2.75, 3.05) is 7.05 Å². The number of nitrogens with one attached hydrogen (secondary N) is 2. The lowest BCUT2D eigenvalue weighted by molar-refractivity contribution is 0.0785. The van der Waals surface area contributed by atoms with Crippen LogP contribution in [0.3, 0.4) is 0 Å². The third-order valence-electron chi connectivity index (χ3n) is 4.41. The molecule has 5 nitrogen and oxygen atoms in total. The highest BCUT2D eigenvalue weighted by molar-refractivity contribution is 5.97. The van der Waals surface area contributed by atoms with Crippen LogP contribution in [0.15, 0.2) is 60.9 Å². The minimum absolute atomic E-state index is 0.0762. The molecule has 4 rings (SSSR count). The summed E-state index contributed by atoms with van der Waals surface area (Å²) in [7, 11) is 1.75. The van der Waals surface area contributed by atoms with Crippen LogP contribution in [0.1, 0.15) is 15.9 Å². The summed E-state index contributed by atoms with van der Waals surface area (Å²) in [6, 6.07) is 13.7. The van der Waals surface area contributed by atoms with Gasteiger partial charge in [-0.3, -0.25) is 9.89 Å². The summed E-state index contributed by atoms with van der Waals surface area (Å²) in [6.45, 7) is 0.394. The maximum absolute atomic E-state index is 13.1. The molecule has 0 fully saturated rings. The van der Waals surface area contributed by atoms with Crippen molar-refractivity contribution in [3.8, 4) is 11.3 Å². The Balaban J connectivity index is 1.56. The number of hydrogen-bond acceptors (Lipinski definition) is 2. The second-order valence-corrected chi connectivity index (χ2v) is 6.22. The molecule has 130 valence electrons. The lowest BCUT2D eigenvalue weighted by Gasteiger charge is -2.17. The van der Waals surface area contributed by atoms with Gasteiger partial charge in [-0.15, -0.1) is 0 Å². The molecule has 0 saturated carbocycles. The lowest BCUT2D eigenvalue weighted by atomic mass is 10.1. The van der Waals surface area contributed by atoms with Crippen LogP contribution in [-0.2, 0) is 6.54 Å². The van der Waals surface area contributed by atoms with E-state index in [2.05, 4.69) is 15.2 Å². The molecule has 6 heteroatoms. The number of carbonyl (C=O) groups excluding carboxylic acids is 1. The summed E-state index contributed by atoms with van der Waals surface area (Å²) < 4.78 is 13.1. The van der Waals surface area contributed by atoms with Gasteiger partial charge in [0.15, 0.2) is 0 Å². The molecule has 0 saturated heterocycles. The van der Waals surface area contributed by atoms with Crippen LogP contribution in [0.4, 0.5) is 4.39 Å². The van der Waals surface area contributed by atoms with E-state index in [1.807, 2.05) is 30.5 Å². The normalized spacial score (nSPS) is 11.0. The van der Waals surface area contributed by atoms with Gasteiger partial charge in [0.05, 0.1) is 11.9 Å². The van der Waals surface area contributed by atoms with Gasteiger partial charge in [-0.2, -0.15) is 5.10 Å². The number of halogens is 1. The minimum Gasteiger partial charge on any atom is -0.361 e. The molecule has 2 N–H and O–H groups in total. The number of aromatic amines is 2. The largest absolute Gasteiger partial charge is 0.361 e. The van der Waals surface area contributed by atoms with Gasteiger partial charge in [0.2, 0.25) is 0 Å². The number of hydrogen-bond donors (Lipinski definition) is 2. The predicted molar refractivity (Wildman–Crippen MR) is 98.1 cm³/mol. The Hall–Kier alpha value is -3.41. The zero-order valence-corrected chi connectivity index (χ0v) is 14.2. The number of nitrogens with zero attached hydrogens (tertiary/aromatic N) is 2. The summed E-state index contributed by atoms with van der Waals surface area (Å²) >= 11 is 0. The van der Waals surface area contributed by atoms with Crippen molar-refractivity contribution in [2.45, 2.75) is 6.54 Å². The topological polar surface area (TPSA) is 64.8 Å². The van der Waals surface area contributed by atoms with E-state index in [1.54, 1.807) is 30.3 Å². The van der Waals surface area contributed by atoms with E-state index in [1.165, 1.54) is 12.1 Å². The van der Waals surface area contributed by atoms with E-state index in [0.29, 0.717) is 12.1 Å². The second kappa shape index (κ2) is 6.48. The van der Waals surface area contributed by atoms with Crippen molar-refractivity contribution < 1.29 is 9.18 Å². The van der Waals surface area contributed by atoms with E-state index in [9.17, 15) is 9.18 Å². The number of aromatic nitrogens is 3. The molecule has 0 aliphatic rings. The zero-order chi connectivity index (χ0) is 18.1. The minimum atomic E-state index is -0.290. The van der Waals surface area contributed by atoms with Crippen molar-refractivity contribution in [1.82, 2.24) is 20.1 Å². The van der Waals surface area contributed by atoms with Crippen molar-refractivity contribution in [2.24, 2.45) is 0 Å². The highest BCUT2D eigenvalue weighted by Crippen LogP contribution is 2.23. The molecule has 0 atom stereocenters. The third-order valence-corrected chi connectivity index (χ3v) is 4.41. The Bertz CT molecular complexity index is 1060. The Kier molecular flexibility index (Phi) is 4.01. The highest BCUT2D eigenvalue weighted by atomic mass is 19.1. The first kappa shape index (κ1) is 16.1. The van der Waals surface area contributed by atoms with Crippen molar-refractivity contribution in [1.29, 1.82) is 0 Å². The van der Waals surface area contributed by atoms with Crippen molar-refractivity contribution in [3.63, 3.8) is 0 Å². The smallest absolute Gasteiger partial charge is 0.253 e. The number of H-pyrrole nitrogens is 2. The fraction of sp³-hybridized carbons (Fsp3) is 0.100. The average molecular weight is 348 g/mol. The van der Waals surface area contributed by atoms with Gasteiger partial charge >= 0.3 is 0 Å². The first-order chi connectivity index (χ1) is 12.6. The summed E-state index contributed by atoms with van der Waals surface area (Å²) in [5.74, 6) is -0.366. The first-order valence-corrected chi connectivity index (χ1v) is 8.22. The molecule has 0 aliphatic heterocycles. The molecule has 2 heterocycles. The van der Waals surface area contributed by atoms with Crippen molar-refractivity contribution in [3.05, 3.63) is 77.9 Å². The van der Waals surface area contributed by atoms with E-state index in [0.717, 1.165) is 27.7 Å². The molecule has 1 amide bonds. The predicted octanol–water partition coefficient (Wildman–Crippen LogP) is 3.97. The summed E-state index contributed by atoms with van der Waals surface area (Å²) in [4.78, 5) is 17.5. The first-order valence-electron chi connectivity index (χ1n) is 8.22. The standard InChI is InChI=1S/C20H17FN4O/c1-25(20(26)15-3-2-13-8-9-22-18(13)10-15)12-16-11-23-24-19(16)14-4-6-17(21)7-5-14/h2-11,22H,12H2,1H3,(H,23,24). The van der Waals surface area contributed by atoms with E-state index >= 15 is 0 Å². The maximum Gasteiger partial charge on any atom is 0.253 e. The Morgan fingerprint density at radius 1 is 1.15 bits per heavy atom. The second-order valence-electron chi connectivity index (χ2n) is 6.22. The number of benzene rings is 2. The molecule has 4 aromatic rings. The van der Waals surface area contributed by atoms with Gasteiger partial charge in [-0.25, -0.2) is 4.39 Å². The van der Waals surface area contributed by atoms with E-state index < -0.39 is 0 Å². The van der Waals surface area contributed by atoms with E-state index in [-0.39, 0.29) is 11.7 Å². The number of fused-ring (bicyclic) bond motifs is 1. The average Bonchev–Trinajstić information content (AvgIpc) is 3.30. The zero-order valence-electron chi connectivity index (χ0n) is 14.2. The molecule has 0 radical (unpaired) electrons. The molecule has 0 bridgehead atoms. The van der Waals surface area contributed by atoms with Crippen molar-refractivity contribution >= 4 is 16.8 Å². The van der Waals surface area contributed by atoms with Crippen LogP contribution in [0.25, 0.3) is 22.2 Å². The molecule has 2 aromatic heterocycles. The molecule has 0 spiro atoms.